The molecule has 0 radical (unpaired) electrons. The van der Waals surface area contributed by atoms with E-state index in [2.05, 4.69) is 5.32 Å². The highest BCUT2D eigenvalue weighted by molar-refractivity contribution is 7.80. The lowest BCUT2D eigenvalue weighted by Gasteiger charge is -2.36. The van der Waals surface area contributed by atoms with Crippen LogP contribution in [0.25, 0.3) is 0 Å². The van der Waals surface area contributed by atoms with Crippen molar-refractivity contribution in [2.45, 2.75) is 17.9 Å². The summed E-state index contributed by atoms with van der Waals surface area (Å²) in [5.74, 6) is -0.503. The number of aliphatic hydroxyl groups excluding tert-OH is 1. The summed E-state index contributed by atoms with van der Waals surface area (Å²) in [5, 5.41) is 10.7. The minimum Gasteiger partial charge on any atom is -0.442 e. The van der Waals surface area contributed by atoms with Crippen LogP contribution in [0.15, 0.2) is 42.5 Å². The van der Waals surface area contributed by atoms with Gasteiger partial charge in [-0.3, -0.25) is 9.69 Å². The van der Waals surface area contributed by atoms with Gasteiger partial charge in [-0.25, -0.2) is 9.18 Å². The van der Waals surface area contributed by atoms with Crippen molar-refractivity contribution in [3.63, 3.8) is 0 Å². The second-order valence-corrected chi connectivity index (χ2v) is 12.8. The van der Waals surface area contributed by atoms with Gasteiger partial charge in [-0.15, -0.1) is 0 Å². The maximum atomic E-state index is 15.0. The first-order valence-corrected chi connectivity index (χ1v) is 15.8. The van der Waals surface area contributed by atoms with Crippen molar-refractivity contribution < 1.29 is 47.8 Å². The predicted molar refractivity (Wildman–Crippen MR) is 156 cm³/mol. The van der Waals surface area contributed by atoms with Gasteiger partial charge in [0, 0.05) is 32.6 Å². The fourth-order valence-corrected chi connectivity index (χ4v) is 6.18. The first kappa shape index (κ1) is 31.9. The number of anilines is 2. The molecule has 17 heteroatoms. The summed E-state index contributed by atoms with van der Waals surface area (Å²) < 4.78 is 37.3. The molecule has 3 atom stereocenters. The van der Waals surface area contributed by atoms with Crippen LogP contribution in [-0.2, 0) is 20.5 Å². The largest absolute Gasteiger partial charge is 0.518 e. The molecule has 2 unspecified atom stereocenters. The summed E-state index contributed by atoms with van der Waals surface area (Å²) in [6, 6.07) is 10.8. The number of cyclic esters (lactones) is 1. The highest BCUT2D eigenvalue weighted by Crippen LogP contribution is 2.46. The Morgan fingerprint density at radius 1 is 1.19 bits per heavy atom. The van der Waals surface area contributed by atoms with Crippen molar-refractivity contribution in [1.29, 1.82) is 0 Å². The van der Waals surface area contributed by atoms with E-state index in [1.165, 1.54) is 15.9 Å². The molecule has 2 aromatic carbocycles. The van der Waals surface area contributed by atoms with E-state index in [1.807, 2.05) is 0 Å². The van der Waals surface area contributed by atoms with Gasteiger partial charge in [0.2, 0.25) is 14.3 Å². The average molecular weight is 644 g/mol. The summed E-state index contributed by atoms with van der Waals surface area (Å²) in [4.78, 5) is 56.7. The number of nitrogens with one attached hydrogen (secondary N) is 1. The third-order valence-electron chi connectivity index (χ3n) is 6.77. The predicted octanol–water partition coefficient (Wildman–Crippen LogP) is 1.65. The van der Waals surface area contributed by atoms with Gasteiger partial charge in [0.05, 0.1) is 24.5 Å². The molecule has 2 aromatic rings. The zero-order valence-corrected chi connectivity index (χ0v) is 24.8. The van der Waals surface area contributed by atoms with Crippen molar-refractivity contribution in [3.8, 4) is 5.75 Å². The molecule has 2 saturated heterocycles. The lowest BCUT2D eigenvalue weighted by molar-refractivity contribution is -0.134. The molecule has 0 spiro atoms. The highest BCUT2D eigenvalue weighted by Gasteiger charge is 2.37. The number of hydrogen-bond acceptors (Lipinski definition) is 10. The Hall–Kier alpha value is -3.03. The number of carbonyl (C=O) groups excluding carboxylic acids is 2. The number of benzene rings is 2. The summed E-state index contributed by atoms with van der Waals surface area (Å²) >= 11 is 5.21. The zero-order chi connectivity index (χ0) is 30.4. The molecule has 0 bridgehead atoms. The number of rotatable bonds is 10. The number of aliphatic hydroxyl groups is 1. The molecule has 4 rings (SSSR count). The van der Waals surface area contributed by atoms with Crippen molar-refractivity contribution in [2.75, 3.05) is 55.7 Å². The molecule has 42 heavy (non-hydrogen) atoms. The summed E-state index contributed by atoms with van der Waals surface area (Å²) in [5.41, 5.74) is 1.30. The second-order valence-electron chi connectivity index (χ2n) is 9.50. The van der Waals surface area contributed by atoms with Gasteiger partial charge in [-0.1, -0.05) is 12.1 Å². The number of amides is 2. The number of nitrogens with zero attached hydrogens (tertiary/aromatic N) is 3. The Morgan fingerprint density at radius 2 is 1.88 bits per heavy atom. The molecule has 0 aromatic heterocycles. The molecule has 2 aliphatic rings. The van der Waals surface area contributed by atoms with E-state index in [9.17, 15) is 28.8 Å². The van der Waals surface area contributed by atoms with E-state index < -0.39 is 46.4 Å². The van der Waals surface area contributed by atoms with Crippen LogP contribution in [0.3, 0.4) is 0 Å². The molecular formula is C25H30FN4O9P2S+. The number of carbonyl (C=O) groups is 2. The Bertz CT molecular complexity index is 1320. The minimum absolute atomic E-state index is 0.00808. The summed E-state index contributed by atoms with van der Waals surface area (Å²) in [7, 11) is -5.31. The van der Waals surface area contributed by atoms with Gasteiger partial charge >= 0.3 is 14.1 Å². The van der Waals surface area contributed by atoms with E-state index >= 15 is 4.39 Å². The molecule has 13 nitrogen and oxygen atoms in total. The van der Waals surface area contributed by atoms with Crippen molar-refractivity contribution in [3.05, 3.63) is 53.8 Å². The quantitative estimate of drug-likeness (QED) is 0.188. The lowest BCUT2D eigenvalue weighted by Crippen LogP contribution is -2.49. The Kier molecular flexibility index (Phi) is 11.0. The minimum atomic E-state index is -2.75. The third-order valence-corrected chi connectivity index (χ3v) is 9.62. The lowest BCUT2D eigenvalue weighted by atomic mass is 10.2. The molecule has 226 valence electrons. The summed E-state index contributed by atoms with van der Waals surface area (Å²) in [6.07, 6.45) is -1.22. The van der Waals surface area contributed by atoms with Gasteiger partial charge < -0.3 is 39.5 Å². The number of hydrogen-bond donors (Lipinski definition) is 5. The van der Waals surface area contributed by atoms with Gasteiger partial charge in [-0.05, 0) is 52.7 Å². The van der Waals surface area contributed by atoms with Crippen molar-refractivity contribution >= 4 is 57.2 Å². The number of halogens is 1. The molecule has 5 N–H and O–H groups in total. The zero-order valence-electron chi connectivity index (χ0n) is 22.2. The maximum absolute atomic E-state index is 15.0. The molecule has 2 heterocycles. The van der Waals surface area contributed by atoms with Crippen molar-refractivity contribution in [2.24, 2.45) is 0 Å². The number of ether oxygens (including phenoxy) is 2. The van der Waals surface area contributed by atoms with Crippen LogP contribution < -0.4 is 19.9 Å². The van der Waals surface area contributed by atoms with Crippen molar-refractivity contribution in [1.82, 2.24) is 10.2 Å². The Labute approximate surface area is 248 Å². The first-order chi connectivity index (χ1) is 20.0. The Balaban J connectivity index is 1.26. The van der Waals surface area contributed by atoms with E-state index in [1.54, 1.807) is 41.3 Å². The number of thiocarbonyl (C=S) groups is 1. The number of piperazine rings is 1. The highest BCUT2D eigenvalue weighted by atomic mass is 32.1. The van der Waals surface area contributed by atoms with E-state index in [0.29, 0.717) is 48.9 Å². The van der Waals surface area contributed by atoms with Crippen LogP contribution in [0.4, 0.5) is 20.6 Å². The average Bonchev–Trinajstić information content (AvgIpc) is 3.35. The van der Waals surface area contributed by atoms with E-state index in [0.717, 1.165) is 0 Å². The molecular weight excluding hydrogens is 613 g/mol. The maximum Gasteiger partial charge on any atom is 0.518 e. The van der Waals surface area contributed by atoms with E-state index in [-0.39, 0.29) is 30.6 Å². The summed E-state index contributed by atoms with van der Waals surface area (Å²) in [6.45, 7) is 1.29. The molecule has 2 aliphatic heterocycles. The Morgan fingerprint density at radius 3 is 2.48 bits per heavy atom. The molecule has 0 saturated carbocycles. The fourth-order valence-electron chi connectivity index (χ4n) is 4.55. The topological polar surface area (TPSA) is 172 Å². The SMILES string of the molecule is O=C(CO)N1CCN(c2ccc(N3C[C@H](CNC(=S)Oc4ccc(CC(P(O)O)[P+](=O)O)cc4)OC3=O)cc2F)CC1. The van der Waals surface area contributed by atoms with Crippen LogP contribution >= 0.6 is 28.6 Å². The second kappa shape index (κ2) is 14.4. The normalized spacial score (nSPS) is 18.1. The van der Waals surface area contributed by atoms with Crippen LogP contribution in [0, 0.1) is 5.82 Å². The molecule has 0 aliphatic carbocycles. The smallest absolute Gasteiger partial charge is 0.442 e. The molecule has 2 amide bonds. The van der Waals surface area contributed by atoms with Gasteiger partial charge in [0.15, 0.2) is 0 Å². The molecule has 2 fully saturated rings. The van der Waals surface area contributed by atoms with Crippen LogP contribution in [-0.4, -0.2) is 99.2 Å². The standard InChI is InChI=1S/C25H29FN4O9P2S/c26-20-12-17(3-6-21(20)28-7-9-29(10-8-28)22(32)15-31)30-14-19(39-25(30)33)13-27-24(42)38-18-4-1-16(2-5-18)11-23(40(34)35)41(36)37/h1-6,12,19,23,31,34-35H,7-11,13-15H2,(H-,27,36,37,42)/p+1/t19-,23?/m0/s1. The monoisotopic (exact) mass is 643 g/mol. The van der Waals surface area contributed by atoms with Gasteiger partial charge in [0.1, 0.15) is 24.3 Å². The van der Waals surface area contributed by atoms with Crippen LogP contribution in [0.2, 0.25) is 0 Å². The van der Waals surface area contributed by atoms with Gasteiger partial charge in [-0.2, -0.15) is 4.89 Å². The third kappa shape index (κ3) is 8.07. The van der Waals surface area contributed by atoms with Crippen LogP contribution in [0.1, 0.15) is 5.56 Å². The van der Waals surface area contributed by atoms with Gasteiger partial charge in [0.25, 0.3) is 10.6 Å². The fraction of sp³-hybridized carbons (Fsp3) is 0.400. The van der Waals surface area contributed by atoms with Crippen LogP contribution in [0.5, 0.6) is 5.75 Å². The van der Waals surface area contributed by atoms with E-state index in [4.69, 9.17) is 26.8 Å². The first-order valence-electron chi connectivity index (χ1n) is 12.8.